The molecule has 0 amide bonds. The van der Waals surface area contributed by atoms with Crippen LogP contribution in [0.5, 0.6) is 5.75 Å². The maximum Gasteiger partial charge on any atom is 0.124 e. The lowest BCUT2D eigenvalue weighted by Crippen LogP contribution is -1.97. The molecule has 0 heterocycles. The van der Waals surface area contributed by atoms with Gasteiger partial charge in [0, 0.05) is 5.56 Å². The van der Waals surface area contributed by atoms with Gasteiger partial charge in [0.05, 0.1) is 17.5 Å². The van der Waals surface area contributed by atoms with E-state index < -0.39 is 0 Å². The van der Waals surface area contributed by atoms with Gasteiger partial charge >= 0.3 is 0 Å². The molecule has 2 rings (SSSR count). The van der Waals surface area contributed by atoms with Gasteiger partial charge in [-0.2, -0.15) is 5.26 Å². The Morgan fingerprint density at radius 2 is 1.89 bits per heavy atom. The maximum absolute atomic E-state index is 12.9. The number of hydrogen-bond donors (Lipinski definition) is 0. The summed E-state index contributed by atoms with van der Waals surface area (Å²) in [6.07, 6.45) is 0.379. The zero-order valence-corrected chi connectivity index (χ0v) is 10.8. The first-order valence-corrected chi connectivity index (χ1v) is 6.09. The summed E-state index contributed by atoms with van der Waals surface area (Å²) in [7, 11) is 0. The molecular formula is C15H11ClFNO. The van der Waals surface area contributed by atoms with Crippen LogP contribution in [0.25, 0.3) is 0 Å². The maximum atomic E-state index is 12.9. The number of nitrogens with zero attached hydrogens (tertiary/aromatic N) is 1. The Labute approximate surface area is 116 Å². The van der Waals surface area contributed by atoms with Crippen LogP contribution in [0.15, 0.2) is 42.5 Å². The molecule has 0 aliphatic heterocycles. The molecule has 0 spiro atoms. The fourth-order valence-corrected chi connectivity index (χ4v) is 1.82. The molecule has 0 aliphatic carbocycles. The van der Waals surface area contributed by atoms with Crippen molar-refractivity contribution in [3.05, 3.63) is 64.4 Å². The van der Waals surface area contributed by atoms with Crippen LogP contribution < -0.4 is 4.74 Å². The molecule has 0 fully saturated rings. The van der Waals surface area contributed by atoms with E-state index in [1.165, 1.54) is 12.1 Å². The van der Waals surface area contributed by atoms with E-state index in [0.717, 1.165) is 11.1 Å². The van der Waals surface area contributed by atoms with E-state index in [1.54, 1.807) is 18.2 Å². The highest BCUT2D eigenvalue weighted by Gasteiger charge is 2.03. The Balaban J connectivity index is 2.00. The molecule has 19 heavy (non-hydrogen) atoms. The number of benzene rings is 2. The molecule has 0 aromatic heterocycles. The van der Waals surface area contributed by atoms with Crippen molar-refractivity contribution in [2.45, 2.75) is 13.0 Å². The largest absolute Gasteiger partial charge is 0.489 e. The number of halogens is 2. The summed E-state index contributed by atoms with van der Waals surface area (Å²) in [4.78, 5) is 0. The molecule has 96 valence electrons. The predicted molar refractivity (Wildman–Crippen MR) is 71.5 cm³/mol. The summed E-state index contributed by atoms with van der Waals surface area (Å²) in [6.45, 7) is 0.275. The quantitative estimate of drug-likeness (QED) is 0.841. The number of hydrogen-bond acceptors (Lipinski definition) is 2. The van der Waals surface area contributed by atoms with E-state index in [-0.39, 0.29) is 12.4 Å². The molecule has 0 atom stereocenters. The Morgan fingerprint density at radius 3 is 2.53 bits per heavy atom. The fourth-order valence-electron chi connectivity index (χ4n) is 1.59. The van der Waals surface area contributed by atoms with Crippen molar-refractivity contribution < 1.29 is 9.13 Å². The molecule has 0 unspecified atom stereocenters. The second-order valence-electron chi connectivity index (χ2n) is 4.00. The first kappa shape index (κ1) is 13.4. The van der Waals surface area contributed by atoms with E-state index in [0.29, 0.717) is 17.2 Å². The number of nitriles is 1. The smallest absolute Gasteiger partial charge is 0.124 e. The highest BCUT2D eigenvalue weighted by atomic mass is 35.5. The lowest BCUT2D eigenvalue weighted by Gasteiger charge is -2.08. The molecule has 0 saturated carbocycles. The van der Waals surface area contributed by atoms with Crippen LogP contribution in [0.2, 0.25) is 5.02 Å². The van der Waals surface area contributed by atoms with Crippen LogP contribution in [0.4, 0.5) is 4.39 Å². The second kappa shape index (κ2) is 6.21. The lowest BCUT2D eigenvalue weighted by molar-refractivity contribution is 0.306. The van der Waals surface area contributed by atoms with Gasteiger partial charge in [0.25, 0.3) is 0 Å². The third-order valence-corrected chi connectivity index (χ3v) is 2.97. The molecule has 2 aromatic rings. The van der Waals surface area contributed by atoms with Gasteiger partial charge in [0.1, 0.15) is 18.2 Å². The first-order valence-electron chi connectivity index (χ1n) is 5.71. The van der Waals surface area contributed by atoms with Crippen molar-refractivity contribution >= 4 is 11.6 Å². The normalized spacial score (nSPS) is 9.95. The van der Waals surface area contributed by atoms with Crippen LogP contribution in [0.1, 0.15) is 11.1 Å². The molecule has 0 N–H and O–H groups in total. The van der Waals surface area contributed by atoms with Crippen LogP contribution in [-0.2, 0) is 13.0 Å². The van der Waals surface area contributed by atoms with Gasteiger partial charge in [0.2, 0.25) is 0 Å². The average Bonchev–Trinajstić information content (AvgIpc) is 2.40. The monoisotopic (exact) mass is 275 g/mol. The fraction of sp³-hybridized carbons (Fsp3) is 0.133. The van der Waals surface area contributed by atoms with Crippen molar-refractivity contribution in [3.63, 3.8) is 0 Å². The Bertz CT molecular complexity index is 605. The van der Waals surface area contributed by atoms with E-state index in [1.807, 2.05) is 12.1 Å². The summed E-state index contributed by atoms with van der Waals surface area (Å²) in [5, 5.41) is 8.92. The van der Waals surface area contributed by atoms with Gasteiger partial charge in [-0.05, 0) is 29.8 Å². The molecule has 2 aromatic carbocycles. The lowest BCUT2D eigenvalue weighted by atomic mass is 10.2. The zero-order valence-electron chi connectivity index (χ0n) is 10.1. The van der Waals surface area contributed by atoms with Crippen molar-refractivity contribution in [2.24, 2.45) is 0 Å². The summed E-state index contributed by atoms with van der Waals surface area (Å²) >= 11 is 5.91. The Hall–Kier alpha value is -2.05. The molecular weight excluding hydrogens is 265 g/mol. The number of rotatable bonds is 4. The summed E-state index contributed by atoms with van der Waals surface area (Å²) in [6, 6.07) is 13.6. The van der Waals surface area contributed by atoms with Crippen molar-refractivity contribution in [1.82, 2.24) is 0 Å². The van der Waals surface area contributed by atoms with E-state index in [9.17, 15) is 4.39 Å². The van der Waals surface area contributed by atoms with E-state index in [4.69, 9.17) is 21.6 Å². The highest BCUT2D eigenvalue weighted by Crippen LogP contribution is 2.20. The molecule has 0 radical (unpaired) electrons. The van der Waals surface area contributed by atoms with Gasteiger partial charge < -0.3 is 4.74 Å². The van der Waals surface area contributed by atoms with Crippen LogP contribution in [0, 0.1) is 17.1 Å². The minimum absolute atomic E-state index is 0.275. The topological polar surface area (TPSA) is 33.0 Å². The average molecular weight is 276 g/mol. The van der Waals surface area contributed by atoms with Crippen LogP contribution in [-0.4, -0.2) is 0 Å². The minimum Gasteiger partial charge on any atom is -0.489 e. The standard InChI is InChI=1S/C15H11ClFNO/c16-15-9-13(17)4-3-12(15)10-19-14-5-1-11(2-6-14)7-8-18/h1-6,9H,7,10H2. The van der Waals surface area contributed by atoms with Gasteiger partial charge in [-0.25, -0.2) is 4.39 Å². The molecule has 4 heteroatoms. The van der Waals surface area contributed by atoms with Crippen LogP contribution in [0.3, 0.4) is 0 Å². The molecule has 0 aliphatic rings. The predicted octanol–water partition coefficient (Wildman–Crippen LogP) is 4.12. The Morgan fingerprint density at radius 1 is 1.16 bits per heavy atom. The summed E-state index contributed by atoms with van der Waals surface area (Å²) in [5.41, 5.74) is 1.67. The van der Waals surface area contributed by atoms with E-state index >= 15 is 0 Å². The minimum atomic E-state index is -0.366. The number of ether oxygens (including phenoxy) is 1. The second-order valence-corrected chi connectivity index (χ2v) is 4.41. The third-order valence-electron chi connectivity index (χ3n) is 2.62. The summed E-state index contributed by atoms with van der Waals surface area (Å²) in [5.74, 6) is 0.316. The first-order chi connectivity index (χ1) is 9.19. The van der Waals surface area contributed by atoms with Crippen LogP contribution >= 0.6 is 11.6 Å². The van der Waals surface area contributed by atoms with Gasteiger partial charge in [0.15, 0.2) is 0 Å². The highest BCUT2D eigenvalue weighted by molar-refractivity contribution is 6.31. The molecule has 0 saturated heterocycles. The third kappa shape index (κ3) is 3.70. The van der Waals surface area contributed by atoms with Crippen molar-refractivity contribution in [1.29, 1.82) is 5.26 Å². The van der Waals surface area contributed by atoms with Crippen molar-refractivity contribution in [2.75, 3.05) is 0 Å². The van der Waals surface area contributed by atoms with E-state index in [2.05, 4.69) is 6.07 Å². The molecule has 0 bridgehead atoms. The Kier molecular flexibility index (Phi) is 4.38. The SMILES string of the molecule is N#CCc1ccc(OCc2ccc(F)cc2Cl)cc1. The zero-order chi connectivity index (χ0) is 13.7. The van der Waals surface area contributed by atoms with Crippen molar-refractivity contribution in [3.8, 4) is 11.8 Å². The summed E-state index contributed by atoms with van der Waals surface area (Å²) < 4.78 is 18.4. The van der Waals surface area contributed by atoms with Gasteiger partial charge in [-0.3, -0.25) is 0 Å². The molecule has 2 nitrogen and oxygen atoms in total. The van der Waals surface area contributed by atoms with Gasteiger partial charge in [-0.15, -0.1) is 0 Å². The van der Waals surface area contributed by atoms with Gasteiger partial charge in [-0.1, -0.05) is 29.8 Å².